The summed E-state index contributed by atoms with van der Waals surface area (Å²) in [5.41, 5.74) is 2.11. The highest BCUT2D eigenvalue weighted by Crippen LogP contribution is 2.25. The van der Waals surface area contributed by atoms with Gasteiger partial charge in [-0.15, -0.1) is 0 Å². The third kappa shape index (κ3) is 5.75. The van der Waals surface area contributed by atoms with Crippen LogP contribution in [0.15, 0.2) is 47.4 Å². The number of nitrogens with one attached hydrogen (secondary N) is 2. The topological polar surface area (TPSA) is 87.7 Å². The molecule has 0 atom stereocenters. The molecule has 1 aliphatic heterocycles. The van der Waals surface area contributed by atoms with Gasteiger partial charge >= 0.3 is 0 Å². The fraction of sp³-hybridized carbons (Fsp3) is 0.381. The first-order chi connectivity index (χ1) is 14.4. The van der Waals surface area contributed by atoms with Crippen LogP contribution in [0.2, 0.25) is 0 Å². The summed E-state index contributed by atoms with van der Waals surface area (Å²) in [5, 5.41) is 2.82. The fourth-order valence-corrected chi connectivity index (χ4v) is 5.10. The molecule has 2 aromatic rings. The predicted octanol–water partition coefficient (Wildman–Crippen LogP) is 2.45. The molecule has 3 rings (SSSR count). The SMILES string of the molecule is CNS(=O)(=O)c1cc(C(=O)Nc2ccc(CCN3CCSCC3)cc2)ccc1OC. The summed E-state index contributed by atoms with van der Waals surface area (Å²) >= 11 is 2.01. The summed E-state index contributed by atoms with van der Waals surface area (Å²) in [7, 11) is -1.05. The Kier molecular flexibility index (Phi) is 7.76. The van der Waals surface area contributed by atoms with Crippen molar-refractivity contribution < 1.29 is 17.9 Å². The Morgan fingerprint density at radius 1 is 1.13 bits per heavy atom. The summed E-state index contributed by atoms with van der Waals surface area (Å²) in [6, 6.07) is 12.1. The van der Waals surface area contributed by atoms with Gasteiger partial charge in [-0.3, -0.25) is 4.79 Å². The van der Waals surface area contributed by atoms with E-state index in [4.69, 9.17) is 4.74 Å². The number of rotatable bonds is 8. The molecule has 1 heterocycles. The first-order valence-electron chi connectivity index (χ1n) is 9.75. The minimum absolute atomic E-state index is 0.0772. The van der Waals surface area contributed by atoms with E-state index in [1.54, 1.807) is 0 Å². The predicted molar refractivity (Wildman–Crippen MR) is 121 cm³/mol. The molecule has 0 spiro atoms. The highest BCUT2D eigenvalue weighted by molar-refractivity contribution is 7.99. The molecule has 1 amide bonds. The molecule has 0 bridgehead atoms. The first-order valence-corrected chi connectivity index (χ1v) is 12.4. The van der Waals surface area contributed by atoms with Gasteiger partial charge in [0.25, 0.3) is 5.91 Å². The van der Waals surface area contributed by atoms with Crippen molar-refractivity contribution in [2.24, 2.45) is 0 Å². The molecule has 0 saturated carbocycles. The van der Waals surface area contributed by atoms with E-state index in [-0.39, 0.29) is 22.1 Å². The second-order valence-corrected chi connectivity index (χ2v) is 10.0. The molecule has 30 heavy (non-hydrogen) atoms. The minimum Gasteiger partial charge on any atom is -0.495 e. The summed E-state index contributed by atoms with van der Waals surface area (Å²) < 4.78 is 31.8. The van der Waals surface area contributed by atoms with Gasteiger partial charge in [-0.25, -0.2) is 13.1 Å². The van der Waals surface area contributed by atoms with E-state index >= 15 is 0 Å². The van der Waals surface area contributed by atoms with Gasteiger partial charge in [0.15, 0.2) is 0 Å². The molecular weight excluding hydrogens is 422 g/mol. The molecule has 0 unspecified atom stereocenters. The number of sulfonamides is 1. The minimum atomic E-state index is -3.75. The maximum atomic E-state index is 12.6. The van der Waals surface area contributed by atoms with Crippen molar-refractivity contribution >= 4 is 33.4 Å². The fourth-order valence-electron chi connectivity index (χ4n) is 3.21. The number of amides is 1. The standard InChI is InChI=1S/C21H27N3O4S2/c1-22-30(26,27)20-15-17(5-8-19(20)28-2)21(25)23-18-6-3-16(4-7-18)9-10-24-11-13-29-14-12-24/h3-8,15,22H,9-14H2,1-2H3,(H,23,25). The number of hydrogen-bond donors (Lipinski definition) is 2. The lowest BCUT2D eigenvalue weighted by atomic mass is 10.1. The van der Waals surface area contributed by atoms with Gasteiger partial charge in [-0.2, -0.15) is 11.8 Å². The molecule has 2 N–H and O–H groups in total. The number of thioether (sulfide) groups is 1. The van der Waals surface area contributed by atoms with Crippen LogP contribution < -0.4 is 14.8 Å². The van der Waals surface area contributed by atoms with Crippen LogP contribution in [0.4, 0.5) is 5.69 Å². The molecule has 7 nitrogen and oxygen atoms in total. The lowest BCUT2D eigenvalue weighted by Crippen LogP contribution is -2.34. The van der Waals surface area contributed by atoms with Gasteiger partial charge < -0.3 is 15.0 Å². The molecule has 0 radical (unpaired) electrons. The second kappa shape index (κ2) is 10.3. The Morgan fingerprint density at radius 2 is 1.83 bits per heavy atom. The smallest absolute Gasteiger partial charge is 0.255 e. The Morgan fingerprint density at radius 3 is 2.47 bits per heavy atom. The van der Waals surface area contributed by atoms with Crippen LogP contribution in [0, 0.1) is 0 Å². The van der Waals surface area contributed by atoms with E-state index in [0.717, 1.165) is 26.1 Å². The monoisotopic (exact) mass is 449 g/mol. The van der Waals surface area contributed by atoms with Gasteiger partial charge in [-0.05, 0) is 49.4 Å². The third-order valence-corrected chi connectivity index (χ3v) is 7.39. The number of nitrogens with zero attached hydrogens (tertiary/aromatic N) is 1. The molecule has 2 aromatic carbocycles. The van der Waals surface area contributed by atoms with Crippen LogP contribution in [0.1, 0.15) is 15.9 Å². The van der Waals surface area contributed by atoms with Gasteiger partial charge in [-0.1, -0.05) is 12.1 Å². The molecule has 0 aromatic heterocycles. The van der Waals surface area contributed by atoms with Gasteiger partial charge in [0.2, 0.25) is 10.0 Å². The van der Waals surface area contributed by atoms with E-state index in [9.17, 15) is 13.2 Å². The molecule has 1 aliphatic rings. The Bertz CT molecular complexity index is 972. The van der Waals surface area contributed by atoms with Crippen LogP contribution in [0.25, 0.3) is 0 Å². The number of carbonyl (C=O) groups is 1. The second-order valence-electron chi connectivity index (χ2n) is 6.93. The highest BCUT2D eigenvalue weighted by Gasteiger charge is 2.20. The van der Waals surface area contributed by atoms with Crippen molar-refractivity contribution in [3.63, 3.8) is 0 Å². The highest BCUT2D eigenvalue weighted by atomic mass is 32.2. The third-order valence-electron chi connectivity index (χ3n) is 5.02. The van der Waals surface area contributed by atoms with Crippen molar-refractivity contribution in [3.05, 3.63) is 53.6 Å². The average molecular weight is 450 g/mol. The summed E-state index contributed by atoms with van der Waals surface area (Å²) in [5.74, 6) is 2.20. The zero-order valence-electron chi connectivity index (χ0n) is 17.2. The quantitative estimate of drug-likeness (QED) is 0.644. The number of carbonyl (C=O) groups excluding carboxylic acids is 1. The van der Waals surface area contributed by atoms with Crippen LogP contribution in [-0.2, 0) is 16.4 Å². The first kappa shape index (κ1) is 22.6. The van der Waals surface area contributed by atoms with Crippen molar-refractivity contribution in [1.29, 1.82) is 0 Å². The van der Waals surface area contributed by atoms with E-state index in [1.165, 1.54) is 49.4 Å². The number of ether oxygens (including phenoxy) is 1. The van der Waals surface area contributed by atoms with Crippen molar-refractivity contribution in [3.8, 4) is 5.75 Å². The zero-order chi connectivity index (χ0) is 21.6. The molecule has 9 heteroatoms. The summed E-state index contributed by atoms with van der Waals surface area (Å²) in [6.07, 6.45) is 0.975. The van der Waals surface area contributed by atoms with E-state index in [2.05, 4.69) is 14.9 Å². The van der Waals surface area contributed by atoms with Crippen LogP contribution in [0.5, 0.6) is 5.75 Å². The Hall–Kier alpha value is -2.07. The van der Waals surface area contributed by atoms with E-state index in [0.29, 0.717) is 5.69 Å². The number of hydrogen-bond acceptors (Lipinski definition) is 6. The van der Waals surface area contributed by atoms with Crippen molar-refractivity contribution in [1.82, 2.24) is 9.62 Å². The maximum absolute atomic E-state index is 12.6. The molecule has 162 valence electrons. The van der Waals surface area contributed by atoms with Crippen LogP contribution in [-0.4, -0.2) is 64.5 Å². The molecule has 1 fully saturated rings. The largest absolute Gasteiger partial charge is 0.495 e. The summed E-state index contributed by atoms with van der Waals surface area (Å²) in [6.45, 7) is 3.33. The van der Waals surface area contributed by atoms with E-state index in [1.807, 2.05) is 36.0 Å². The Balaban J connectivity index is 1.65. The molecule has 0 aliphatic carbocycles. The maximum Gasteiger partial charge on any atom is 0.255 e. The van der Waals surface area contributed by atoms with Gasteiger partial charge in [0.1, 0.15) is 10.6 Å². The van der Waals surface area contributed by atoms with Gasteiger partial charge in [0, 0.05) is 42.4 Å². The normalized spacial score (nSPS) is 15.0. The molecule has 1 saturated heterocycles. The van der Waals surface area contributed by atoms with Crippen LogP contribution in [0.3, 0.4) is 0 Å². The van der Waals surface area contributed by atoms with Gasteiger partial charge in [0.05, 0.1) is 7.11 Å². The lowest BCUT2D eigenvalue weighted by molar-refractivity contribution is 0.102. The van der Waals surface area contributed by atoms with E-state index < -0.39 is 10.0 Å². The van der Waals surface area contributed by atoms with Crippen LogP contribution >= 0.6 is 11.8 Å². The summed E-state index contributed by atoms with van der Waals surface area (Å²) in [4.78, 5) is 15.0. The van der Waals surface area contributed by atoms with Crippen molar-refractivity contribution in [2.45, 2.75) is 11.3 Å². The average Bonchev–Trinajstić information content (AvgIpc) is 2.78. The lowest BCUT2D eigenvalue weighted by Gasteiger charge is -2.26. The number of methoxy groups -OCH3 is 1. The Labute approximate surface area is 182 Å². The zero-order valence-corrected chi connectivity index (χ0v) is 18.8. The number of benzene rings is 2. The van der Waals surface area contributed by atoms with Crippen molar-refractivity contribution in [2.75, 3.05) is 50.6 Å². The number of anilines is 1. The molecular formula is C21H27N3O4S2.